The molecule has 2 rings (SSSR count). The Balaban J connectivity index is 1.90. The molecule has 0 spiro atoms. The number of halogens is 1. The Morgan fingerprint density at radius 3 is 3.15 bits per heavy atom. The molecule has 0 saturated heterocycles. The molecule has 0 radical (unpaired) electrons. The van der Waals surface area contributed by atoms with E-state index in [1.165, 1.54) is 19.3 Å². The quantitative estimate of drug-likeness (QED) is 0.508. The van der Waals surface area contributed by atoms with Crippen molar-refractivity contribution in [2.24, 2.45) is 11.3 Å². The summed E-state index contributed by atoms with van der Waals surface area (Å²) in [7, 11) is 0. The summed E-state index contributed by atoms with van der Waals surface area (Å²) < 4.78 is 5.29. The summed E-state index contributed by atoms with van der Waals surface area (Å²) in [6.45, 7) is 2.29. The number of rotatable bonds is 2. The topological polar surface area (TPSA) is 26.3 Å². The van der Waals surface area contributed by atoms with Crippen LogP contribution < -0.4 is 0 Å². The van der Waals surface area contributed by atoms with Crippen molar-refractivity contribution in [3.63, 3.8) is 0 Å². The van der Waals surface area contributed by atoms with E-state index >= 15 is 0 Å². The Morgan fingerprint density at radius 1 is 1.69 bits per heavy atom. The van der Waals surface area contributed by atoms with Crippen molar-refractivity contribution in [3.8, 4) is 0 Å². The molecule has 0 aromatic rings. The van der Waals surface area contributed by atoms with Gasteiger partial charge in [-0.05, 0) is 31.1 Å². The zero-order valence-electron chi connectivity index (χ0n) is 7.88. The lowest BCUT2D eigenvalue weighted by atomic mass is 9.88. The Labute approximate surface area is 83.6 Å². The molecule has 13 heavy (non-hydrogen) atoms. The summed E-state index contributed by atoms with van der Waals surface area (Å²) in [5.74, 6) is 0.344. The maximum atomic E-state index is 11.0. The van der Waals surface area contributed by atoms with Gasteiger partial charge >= 0.3 is 5.97 Å². The summed E-state index contributed by atoms with van der Waals surface area (Å²) in [5, 5.41) is 0. The van der Waals surface area contributed by atoms with E-state index in [1.54, 1.807) is 0 Å². The number of alkyl halides is 1. The van der Waals surface area contributed by atoms with E-state index in [4.69, 9.17) is 16.3 Å². The van der Waals surface area contributed by atoms with Gasteiger partial charge in [-0.1, -0.05) is 6.92 Å². The van der Waals surface area contributed by atoms with Crippen molar-refractivity contribution in [2.75, 3.05) is 5.88 Å². The number of carbonyl (C=O) groups is 1. The second-order valence-corrected chi connectivity index (χ2v) is 4.79. The molecular weight excluding hydrogens is 188 g/mol. The minimum atomic E-state index is -0.261. The molecule has 74 valence electrons. The third kappa shape index (κ3) is 1.69. The van der Waals surface area contributed by atoms with E-state index in [1.807, 2.05) is 0 Å². The molecular formula is C10H15ClO2. The van der Waals surface area contributed by atoms with Gasteiger partial charge < -0.3 is 4.74 Å². The van der Waals surface area contributed by atoms with Crippen LogP contribution >= 0.6 is 11.6 Å². The normalized spacial score (nSPS) is 42.3. The van der Waals surface area contributed by atoms with Crippen molar-refractivity contribution in [1.29, 1.82) is 0 Å². The van der Waals surface area contributed by atoms with Gasteiger partial charge in [0.25, 0.3) is 0 Å². The van der Waals surface area contributed by atoms with Gasteiger partial charge in [0.05, 0.1) is 0 Å². The molecule has 0 aromatic heterocycles. The van der Waals surface area contributed by atoms with Crippen LogP contribution in [0.15, 0.2) is 0 Å². The van der Waals surface area contributed by atoms with E-state index in [9.17, 15) is 4.79 Å². The highest BCUT2D eigenvalue weighted by atomic mass is 35.5. The van der Waals surface area contributed by atoms with Gasteiger partial charge in [-0.2, -0.15) is 0 Å². The average Bonchev–Trinajstić information content (AvgIpc) is 2.78. The van der Waals surface area contributed by atoms with Crippen LogP contribution in [0.4, 0.5) is 0 Å². The molecule has 0 bridgehead atoms. The fourth-order valence-corrected chi connectivity index (χ4v) is 2.62. The third-order valence-electron chi connectivity index (χ3n) is 3.50. The molecule has 0 amide bonds. The molecule has 2 fully saturated rings. The Kier molecular flexibility index (Phi) is 2.26. The van der Waals surface area contributed by atoms with E-state index < -0.39 is 0 Å². The van der Waals surface area contributed by atoms with Crippen LogP contribution in [0.25, 0.3) is 0 Å². The molecule has 2 aliphatic rings. The molecule has 0 unspecified atom stereocenters. The third-order valence-corrected chi connectivity index (χ3v) is 3.72. The SMILES string of the molecule is C[C@]12CCC[C@@H](OC(=O)CCl)[C@H]1C2. The lowest BCUT2D eigenvalue weighted by molar-refractivity contribution is -0.148. The highest BCUT2D eigenvalue weighted by molar-refractivity contribution is 6.26. The Hall–Kier alpha value is -0.240. The number of fused-ring (bicyclic) bond motifs is 1. The van der Waals surface area contributed by atoms with E-state index in [0.29, 0.717) is 11.3 Å². The van der Waals surface area contributed by atoms with Gasteiger partial charge in [0, 0.05) is 5.92 Å². The van der Waals surface area contributed by atoms with Crippen LogP contribution in [0.1, 0.15) is 32.6 Å². The molecule has 2 nitrogen and oxygen atoms in total. The number of hydrogen-bond donors (Lipinski definition) is 0. The number of ether oxygens (including phenoxy) is 1. The first-order valence-electron chi connectivity index (χ1n) is 4.91. The Morgan fingerprint density at radius 2 is 2.46 bits per heavy atom. The summed E-state index contributed by atoms with van der Waals surface area (Å²) in [5.41, 5.74) is 0.482. The maximum absolute atomic E-state index is 11.0. The first-order valence-corrected chi connectivity index (χ1v) is 5.44. The number of carbonyl (C=O) groups excluding carboxylic acids is 1. The van der Waals surface area contributed by atoms with Crippen LogP contribution in [0.2, 0.25) is 0 Å². The van der Waals surface area contributed by atoms with Gasteiger partial charge in [-0.25, -0.2) is 0 Å². The smallest absolute Gasteiger partial charge is 0.321 e. The zero-order chi connectivity index (χ0) is 9.47. The van der Waals surface area contributed by atoms with Crippen molar-refractivity contribution < 1.29 is 9.53 Å². The predicted octanol–water partition coefficient (Wildman–Crippen LogP) is 2.35. The molecule has 3 atom stereocenters. The maximum Gasteiger partial charge on any atom is 0.321 e. The molecule has 0 aromatic carbocycles. The molecule has 2 saturated carbocycles. The first-order chi connectivity index (χ1) is 6.15. The van der Waals surface area contributed by atoms with Crippen LogP contribution in [0.5, 0.6) is 0 Å². The van der Waals surface area contributed by atoms with Gasteiger partial charge in [-0.3, -0.25) is 4.79 Å². The van der Waals surface area contributed by atoms with E-state index in [0.717, 1.165) is 6.42 Å². The second-order valence-electron chi connectivity index (χ2n) is 4.52. The average molecular weight is 203 g/mol. The van der Waals surface area contributed by atoms with Gasteiger partial charge in [0.1, 0.15) is 12.0 Å². The second kappa shape index (κ2) is 3.16. The first kappa shape index (κ1) is 9.32. The van der Waals surface area contributed by atoms with Crippen molar-refractivity contribution >= 4 is 17.6 Å². The van der Waals surface area contributed by atoms with Crippen molar-refractivity contribution in [3.05, 3.63) is 0 Å². The number of esters is 1. The lowest BCUT2D eigenvalue weighted by Gasteiger charge is -2.25. The lowest BCUT2D eigenvalue weighted by Crippen LogP contribution is -2.26. The minimum absolute atomic E-state index is 0.0140. The molecule has 0 aliphatic heterocycles. The summed E-state index contributed by atoms with van der Waals surface area (Å²) >= 11 is 5.39. The van der Waals surface area contributed by atoms with Crippen molar-refractivity contribution in [2.45, 2.75) is 38.7 Å². The number of hydrogen-bond acceptors (Lipinski definition) is 2. The fraction of sp³-hybridized carbons (Fsp3) is 0.900. The van der Waals surface area contributed by atoms with Crippen LogP contribution in [0.3, 0.4) is 0 Å². The summed E-state index contributed by atoms with van der Waals surface area (Å²) in [6.07, 6.45) is 4.90. The summed E-state index contributed by atoms with van der Waals surface area (Å²) in [4.78, 5) is 11.0. The fourth-order valence-electron chi connectivity index (χ4n) is 2.56. The van der Waals surface area contributed by atoms with E-state index in [2.05, 4.69) is 6.92 Å². The standard InChI is InChI=1S/C10H15ClO2/c1-10-4-2-3-8(7(10)5-10)13-9(12)6-11/h7-8H,2-6H2,1H3/t7-,8-,10-/m1/s1. The largest absolute Gasteiger partial charge is 0.461 e. The van der Waals surface area contributed by atoms with Crippen LogP contribution in [-0.4, -0.2) is 18.0 Å². The van der Waals surface area contributed by atoms with Gasteiger partial charge in [0.2, 0.25) is 0 Å². The Bertz CT molecular complexity index is 229. The molecule has 3 heteroatoms. The molecule has 0 heterocycles. The van der Waals surface area contributed by atoms with Crippen LogP contribution in [0, 0.1) is 11.3 Å². The minimum Gasteiger partial charge on any atom is -0.461 e. The predicted molar refractivity (Wildman–Crippen MR) is 50.7 cm³/mol. The van der Waals surface area contributed by atoms with Crippen molar-refractivity contribution in [1.82, 2.24) is 0 Å². The molecule has 0 N–H and O–H groups in total. The van der Waals surface area contributed by atoms with Crippen LogP contribution in [-0.2, 0) is 9.53 Å². The summed E-state index contributed by atoms with van der Waals surface area (Å²) in [6, 6.07) is 0. The van der Waals surface area contributed by atoms with Gasteiger partial charge in [0.15, 0.2) is 0 Å². The van der Waals surface area contributed by atoms with Gasteiger partial charge in [-0.15, -0.1) is 11.6 Å². The highest BCUT2D eigenvalue weighted by Gasteiger charge is 2.56. The monoisotopic (exact) mass is 202 g/mol. The highest BCUT2D eigenvalue weighted by Crippen LogP contribution is 2.61. The van der Waals surface area contributed by atoms with E-state index in [-0.39, 0.29) is 18.0 Å². The zero-order valence-corrected chi connectivity index (χ0v) is 8.64. The molecule has 2 aliphatic carbocycles.